The molecule has 3 aromatic rings. The van der Waals surface area contributed by atoms with Crippen molar-refractivity contribution in [2.75, 3.05) is 13.7 Å². The highest BCUT2D eigenvalue weighted by molar-refractivity contribution is 5.83. The Balaban J connectivity index is 1.68. The molecule has 4 nitrogen and oxygen atoms in total. The molecule has 0 saturated carbocycles. The number of hydrogen-bond acceptors (Lipinski definition) is 3. The molecule has 0 aliphatic heterocycles. The maximum absolute atomic E-state index is 5.82. The molecule has 0 aliphatic rings. The smallest absolute Gasteiger partial charge is 0.119 e. The number of rotatable bonds is 6. The number of hydrogen-bond donors (Lipinski definition) is 1. The molecule has 0 spiro atoms. The summed E-state index contributed by atoms with van der Waals surface area (Å²) in [6.45, 7) is 1.94. The van der Waals surface area contributed by atoms with Crippen LogP contribution in [-0.2, 0) is 13.1 Å². The largest absolute Gasteiger partial charge is 0.497 e. The molecule has 4 heteroatoms. The topological polar surface area (TPSA) is 49.4 Å². The quantitative estimate of drug-likeness (QED) is 0.760. The van der Waals surface area contributed by atoms with Gasteiger partial charge in [-0.25, -0.2) is 0 Å². The average molecular weight is 296 g/mol. The van der Waals surface area contributed by atoms with E-state index in [-0.39, 0.29) is 0 Å². The lowest BCUT2D eigenvalue weighted by Crippen LogP contribution is -2.07. The fourth-order valence-corrected chi connectivity index (χ4v) is 2.60. The van der Waals surface area contributed by atoms with E-state index in [1.165, 1.54) is 16.5 Å². The molecule has 22 heavy (non-hydrogen) atoms. The number of nitrogens with zero attached hydrogens (tertiary/aromatic N) is 1. The summed E-state index contributed by atoms with van der Waals surface area (Å²) in [5, 5.41) is 1.22. The van der Waals surface area contributed by atoms with E-state index in [1.54, 1.807) is 7.11 Å². The molecule has 2 aromatic carbocycles. The van der Waals surface area contributed by atoms with E-state index in [2.05, 4.69) is 22.9 Å². The van der Waals surface area contributed by atoms with Gasteiger partial charge in [0.2, 0.25) is 0 Å². The predicted octanol–water partition coefficient (Wildman–Crippen LogP) is 3.19. The van der Waals surface area contributed by atoms with E-state index in [0.717, 1.165) is 18.0 Å². The van der Waals surface area contributed by atoms with Crippen LogP contribution in [0.15, 0.2) is 54.7 Å². The second-order valence-electron chi connectivity index (χ2n) is 5.09. The first kappa shape index (κ1) is 14.5. The standard InChI is InChI=1S/C18H20N2O2/c1-21-15-6-8-16(9-7-15)22-11-10-20-13-14(12-19)17-4-2-3-5-18(17)20/h2-9,13H,10-12,19H2,1H3. The van der Waals surface area contributed by atoms with Gasteiger partial charge < -0.3 is 19.8 Å². The normalized spacial score (nSPS) is 10.8. The van der Waals surface area contributed by atoms with Crippen LogP contribution < -0.4 is 15.2 Å². The second-order valence-corrected chi connectivity index (χ2v) is 5.09. The molecule has 0 saturated heterocycles. The zero-order chi connectivity index (χ0) is 15.4. The van der Waals surface area contributed by atoms with Crippen LogP contribution in [-0.4, -0.2) is 18.3 Å². The van der Waals surface area contributed by atoms with Crippen LogP contribution in [0, 0.1) is 0 Å². The van der Waals surface area contributed by atoms with Gasteiger partial charge in [-0.1, -0.05) is 18.2 Å². The summed E-state index contributed by atoms with van der Waals surface area (Å²) >= 11 is 0. The average Bonchev–Trinajstić information content (AvgIpc) is 2.94. The summed E-state index contributed by atoms with van der Waals surface area (Å²) in [5.41, 5.74) is 8.18. The van der Waals surface area contributed by atoms with Crippen LogP contribution in [0.2, 0.25) is 0 Å². The van der Waals surface area contributed by atoms with E-state index in [1.807, 2.05) is 36.4 Å². The third-order valence-electron chi connectivity index (χ3n) is 3.75. The van der Waals surface area contributed by atoms with E-state index in [4.69, 9.17) is 15.2 Å². The minimum atomic E-state index is 0.548. The number of aromatic nitrogens is 1. The molecule has 0 bridgehead atoms. The molecule has 3 rings (SSSR count). The SMILES string of the molecule is COc1ccc(OCCn2cc(CN)c3ccccc32)cc1. The van der Waals surface area contributed by atoms with Gasteiger partial charge >= 0.3 is 0 Å². The number of fused-ring (bicyclic) bond motifs is 1. The van der Waals surface area contributed by atoms with Gasteiger partial charge in [0.05, 0.1) is 13.7 Å². The van der Waals surface area contributed by atoms with Gasteiger partial charge in [0, 0.05) is 23.6 Å². The Hall–Kier alpha value is -2.46. The van der Waals surface area contributed by atoms with Gasteiger partial charge in [0.25, 0.3) is 0 Å². The van der Waals surface area contributed by atoms with Gasteiger partial charge in [-0.05, 0) is 35.9 Å². The van der Waals surface area contributed by atoms with Crippen molar-refractivity contribution in [3.63, 3.8) is 0 Å². The lowest BCUT2D eigenvalue weighted by molar-refractivity contribution is 0.299. The van der Waals surface area contributed by atoms with Gasteiger partial charge in [-0.2, -0.15) is 0 Å². The molecule has 0 aliphatic carbocycles. The van der Waals surface area contributed by atoms with Crippen LogP contribution in [0.1, 0.15) is 5.56 Å². The van der Waals surface area contributed by atoms with Crippen molar-refractivity contribution in [3.8, 4) is 11.5 Å². The van der Waals surface area contributed by atoms with Crippen molar-refractivity contribution < 1.29 is 9.47 Å². The third-order valence-corrected chi connectivity index (χ3v) is 3.75. The second kappa shape index (κ2) is 6.54. The van der Waals surface area contributed by atoms with E-state index >= 15 is 0 Å². The molecule has 1 heterocycles. The number of para-hydroxylation sites is 1. The zero-order valence-electron chi connectivity index (χ0n) is 12.7. The molecule has 1 aromatic heterocycles. The van der Waals surface area contributed by atoms with Crippen molar-refractivity contribution in [1.82, 2.24) is 4.57 Å². The molecule has 0 fully saturated rings. The number of benzene rings is 2. The number of nitrogens with two attached hydrogens (primary N) is 1. The summed E-state index contributed by atoms with van der Waals surface area (Å²) in [7, 11) is 1.65. The first-order chi connectivity index (χ1) is 10.8. The molecule has 0 radical (unpaired) electrons. The zero-order valence-corrected chi connectivity index (χ0v) is 12.7. The molecule has 0 atom stereocenters. The molecular weight excluding hydrogens is 276 g/mol. The number of ether oxygens (including phenoxy) is 2. The lowest BCUT2D eigenvalue weighted by Gasteiger charge is -2.09. The first-order valence-electron chi connectivity index (χ1n) is 7.35. The van der Waals surface area contributed by atoms with Gasteiger partial charge in [0.1, 0.15) is 18.1 Å². The van der Waals surface area contributed by atoms with Gasteiger partial charge in [-0.3, -0.25) is 0 Å². The van der Waals surface area contributed by atoms with Crippen LogP contribution in [0.4, 0.5) is 0 Å². The Kier molecular flexibility index (Phi) is 4.30. The lowest BCUT2D eigenvalue weighted by atomic mass is 10.2. The monoisotopic (exact) mass is 296 g/mol. The summed E-state index contributed by atoms with van der Waals surface area (Å²) in [6.07, 6.45) is 2.11. The highest BCUT2D eigenvalue weighted by Gasteiger charge is 2.06. The fraction of sp³-hybridized carbons (Fsp3) is 0.222. The summed E-state index contributed by atoms with van der Waals surface area (Å²) < 4.78 is 13.1. The molecule has 114 valence electrons. The first-order valence-corrected chi connectivity index (χ1v) is 7.35. The Labute approximate surface area is 130 Å². The molecule has 0 unspecified atom stereocenters. The van der Waals surface area contributed by atoms with Gasteiger partial charge in [0.15, 0.2) is 0 Å². The van der Waals surface area contributed by atoms with E-state index in [0.29, 0.717) is 13.2 Å². The minimum Gasteiger partial charge on any atom is -0.497 e. The maximum atomic E-state index is 5.82. The van der Waals surface area contributed by atoms with Crippen LogP contribution in [0.3, 0.4) is 0 Å². The van der Waals surface area contributed by atoms with Gasteiger partial charge in [-0.15, -0.1) is 0 Å². The minimum absolute atomic E-state index is 0.548. The number of methoxy groups -OCH3 is 1. The van der Waals surface area contributed by atoms with Crippen LogP contribution in [0.25, 0.3) is 10.9 Å². The third kappa shape index (κ3) is 2.92. The maximum Gasteiger partial charge on any atom is 0.119 e. The van der Waals surface area contributed by atoms with Crippen molar-refractivity contribution in [1.29, 1.82) is 0 Å². The fourth-order valence-electron chi connectivity index (χ4n) is 2.60. The van der Waals surface area contributed by atoms with Crippen molar-refractivity contribution >= 4 is 10.9 Å². The molecule has 2 N–H and O–H groups in total. The van der Waals surface area contributed by atoms with Crippen molar-refractivity contribution in [2.24, 2.45) is 5.73 Å². The Morgan fingerprint density at radius 3 is 2.45 bits per heavy atom. The summed E-state index contributed by atoms with van der Waals surface area (Å²) in [5.74, 6) is 1.67. The van der Waals surface area contributed by atoms with Crippen molar-refractivity contribution in [2.45, 2.75) is 13.1 Å². The van der Waals surface area contributed by atoms with Crippen LogP contribution in [0.5, 0.6) is 11.5 Å². The predicted molar refractivity (Wildman–Crippen MR) is 88.3 cm³/mol. The van der Waals surface area contributed by atoms with Crippen molar-refractivity contribution in [3.05, 3.63) is 60.3 Å². The van der Waals surface area contributed by atoms with Crippen LogP contribution >= 0.6 is 0 Å². The molecule has 0 amide bonds. The summed E-state index contributed by atoms with van der Waals surface area (Å²) in [4.78, 5) is 0. The highest BCUT2D eigenvalue weighted by atomic mass is 16.5. The summed E-state index contributed by atoms with van der Waals surface area (Å²) in [6, 6.07) is 15.9. The Morgan fingerprint density at radius 1 is 1.00 bits per heavy atom. The Morgan fingerprint density at radius 2 is 1.73 bits per heavy atom. The van der Waals surface area contributed by atoms with E-state index in [9.17, 15) is 0 Å². The highest BCUT2D eigenvalue weighted by Crippen LogP contribution is 2.21. The Bertz CT molecular complexity index is 747. The van der Waals surface area contributed by atoms with E-state index < -0.39 is 0 Å². The molecular formula is C18H20N2O2.